The summed E-state index contributed by atoms with van der Waals surface area (Å²) in [5.41, 5.74) is 5.54. The normalized spacial score (nSPS) is 10.2. The molecular formula is C16H13Br2FN2O3. The highest BCUT2D eigenvalue weighted by molar-refractivity contribution is 9.11. The van der Waals surface area contributed by atoms with Crippen molar-refractivity contribution in [3.8, 4) is 5.75 Å². The third-order valence-corrected chi connectivity index (χ3v) is 4.01. The number of carbonyl (C=O) groups is 2. The molecule has 2 N–H and O–H groups in total. The number of amides is 2. The van der Waals surface area contributed by atoms with Gasteiger partial charge in [-0.15, -0.1) is 0 Å². The lowest BCUT2D eigenvalue weighted by Gasteiger charge is -2.12. The van der Waals surface area contributed by atoms with E-state index in [1.165, 1.54) is 12.1 Å². The highest BCUT2D eigenvalue weighted by Gasteiger charge is 2.11. The Balaban J connectivity index is 1.86. The van der Waals surface area contributed by atoms with Crippen molar-refractivity contribution in [2.45, 2.75) is 6.92 Å². The van der Waals surface area contributed by atoms with Gasteiger partial charge in [0.15, 0.2) is 6.61 Å². The molecule has 0 heterocycles. The lowest BCUT2D eigenvalue weighted by atomic mass is 10.2. The van der Waals surface area contributed by atoms with Gasteiger partial charge >= 0.3 is 0 Å². The molecule has 0 radical (unpaired) electrons. The molecule has 0 unspecified atom stereocenters. The van der Waals surface area contributed by atoms with Crippen LogP contribution in [-0.2, 0) is 4.79 Å². The number of halogens is 3. The molecule has 0 aliphatic rings. The summed E-state index contributed by atoms with van der Waals surface area (Å²) in [6.07, 6.45) is 0. The van der Waals surface area contributed by atoms with Crippen LogP contribution in [0, 0.1) is 12.7 Å². The van der Waals surface area contributed by atoms with Crippen LogP contribution in [0.4, 0.5) is 4.39 Å². The van der Waals surface area contributed by atoms with Gasteiger partial charge in [0.1, 0.15) is 11.6 Å². The summed E-state index contributed by atoms with van der Waals surface area (Å²) in [5.74, 6) is -0.985. The van der Waals surface area contributed by atoms with E-state index < -0.39 is 17.6 Å². The molecule has 126 valence electrons. The van der Waals surface area contributed by atoms with Gasteiger partial charge in [-0.1, -0.05) is 15.9 Å². The standard InChI is InChI=1S/C16H13Br2FN2O3/c1-9-6-11(17)7-13(18)15(9)24-8-14(22)20-21-16(23)10-2-4-12(19)5-3-10/h2-7H,8H2,1H3,(H,20,22)(H,21,23). The zero-order valence-electron chi connectivity index (χ0n) is 12.5. The summed E-state index contributed by atoms with van der Waals surface area (Å²) in [6, 6.07) is 8.61. The van der Waals surface area contributed by atoms with Gasteiger partial charge in [-0.3, -0.25) is 20.4 Å². The van der Waals surface area contributed by atoms with Crippen molar-refractivity contribution in [3.05, 3.63) is 62.3 Å². The minimum atomic E-state index is -0.552. The number of carbonyl (C=O) groups excluding carboxylic acids is 2. The molecule has 0 bridgehead atoms. The molecule has 0 aliphatic heterocycles. The number of hydrogen-bond donors (Lipinski definition) is 2. The Bertz CT molecular complexity index is 743. The summed E-state index contributed by atoms with van der Waals surface area (Å²) < 4.78 is 19.8. The third-order valence-electron chi connectivity index (χ3n) is 2.96. The Morgan fingerprint density at radius 1 is 1.12 bits per heavy atom. The third kappa shape index (κ3) is 5.04. The number of aryl methyl sites for hydroxylation is 1. The molecule has 24 heavy (non-hydrogen) atoms. The molecule has 0 saturated carbocycles. The first-order valence-electron chi connectivity index (χ1n) is 6.80. The Morgan fingerprint density at radius 2 is 1.79 bits per heavy atom. The van der Waals surface area contributed by atoms with Crippen molar-refractivity contribution in [3.63, 3.8) is 0 Å². The Labute approximate surface area is 154 Å². The monoisotopic (exact) mass is 458 g/mol. The van der Waals surface area contributed by atoms with Crippen molar-refractivity contribution < 1.29 is 18.7 Å². The average Bonchev–Trinajstić information content (AvgIpc) is 2.52. The van der Waals surface area contributed by atoms with E-state index >= 15 is 0 Å². The van der Waals surface area contributed by atoms with Gasteiger partial charge in [-0.25, -0.2) is 4.39 Å². The van der Waals surface area contributed by atoms with Gasteiger partial charge < -0.3 is 4.74 Å². The first-order valence-corrected chi connectivity index (χ1v) is 8.38. The molecule has 0 aromatic heterocycles. The molecule has 8 heteroatoms. The van der Waals surface area contributed by atoms with Crippen molar-refractivity contribution in [1.82, 2.24) is 10.9 Å². The van der Waals surface area contributed by atoms with E-state index in [1.54, 1.807) is 6.07 Å². The van der Waals surface area contributed by atoms with Crippen molar-refractivity contribution in [2.24, 2.45) is 0 Å². The van der Waals surface area contributed by atoms with Crippen LogP contribution >= 0.6 is 31.9 Å². The second-order valence-corrected chi connectivity index (χ2v) is 6.60. The first-order chi connectivity index (χ1) is 11.4. The number of rotatable bonds is 4. The van der Waals surface area contributed by atoms with E-state index in [2.05, 4.69) is 42.7 Å². The second kappa shape index (κ2) is 8.25. The quantitative estimate of drug-likeness (QED) is 0.687. The minimum absolute atomic E-state index is 0.226. The van der Waals surface area contributed by atoms with Crippen LogP contribution in [0.5, 0.6) is 5.75 Å². The van der Waals surface area contributed by atoms with Crippen LogP contribution in [-0.4, -0.2) is 18.4 Å². The van der Waals surface area contributed by atoms with Crippen LogP contribution < -0.4 is 15.6 Å². The average molecular weight is 460 g/mol. The predicted octanol–water partition coefficient (Wildman–Crippen LogP) is 3.50. The van der Waals surface area contributed by atoms with Gasteiger partial charge in [0, 0.05) is 10.0 Å². The molecule has 2 aromatic rings. The van der Waals surface area contributed by atoms with E-state index in [4.69, 9.17) is 4.74 Å². The molecule has 5 nitrogen and oxygen atoms in total. The number of ether oxygens (including phenoxy) is 1. The van der Waals surface area contributed by atoms with Crippen molar-refractivity contribution in [1.29, 1.82) is 0 Å². The van der Waals surface area contributed by atoms with Gasteiger partial charge in [-0.05, 0) is 64.8 Å². The largest absolute Gasteiger partial charge is 0.482 e. The topological polar surface area (TPSA) is 67.4 Å². The van der Waals surface area contributed by atoms with E-state index in [0.29, 0.717) is 10.2 Å². The van der Waals surface area contributed by atoms with Gasteiger partial charge in [0.2, 0.25) is 0 Å². The van der Waals surface area contributed by atoms with E-state index in [-0.39, 0.29) is 12.2 Å². The molecule has 2 rings (SSSR count). The number of hydrazine groups is 1. The van der Waals surface area contributed by atoms with Crippen molar-refractivity contribution in [2.75, 3.05) is 6.61 Å². The second-order valence-electron chi connectivity index (χ2n) is 4.83. The summed E-state index contributed by atoms with van der Waals surface area (Å²) in [4.78, 5) is 23.5. The van der Waals surface area contributed by atoms with Gasteiger partial charge in [0.25, 0.3) is 11.8 Å². The molecule has 0 aliphatic carbocycles. The zero-order valence-corrected chi connectivity index (χ0v) is 15.7. The van der Waals surface area contributed by atoms with E-state index in [1.807, 2.05) is 13.0 Å². The maximum Gasteiger partial charge on any atom is 0.276 e. The predicted molar refractivity (Wildman–Crippen MR) is 94.1 cm³/mol. The van der Waals surface area contributed by atoms with Crippen molar-refractivity contribution >= 4 is 43.7 Å². The lowest BCUT2D eigenvalue weighted by molar-refractivity contribution is -0.123. The summed E-state index contributed by atoms with van der Waals surface area (Å²) in [7, 11) is 0. The van der Waals surface area contributed by atoms with Crippen LogP contribution in [0.25, 0.3) is 0 Å². The SMILES string of the molecule is Cc1cc(Br)cc(Br)c1OCC(=O)NNC(=O)c1ccc(F)cc1. The van der Waals surface area contributed by atoms with Crippen LogP contribution in [0.1, 0.15) is 15.9 Å². The molecule has 0 saturated heterocycles. The van der Waals surface area contributed by atoms with E-state index in [9.17, 15) is 14.0 Å². The highest BCUT2D eigenvalue weighted by Crippen LogP contribution is 2.32. The molecule has 0 fully saturated rings. The summed E-state index contributed by atoms with van der Waals surface area (Å²) in [5, 5.41) is 0. The molecule has 2 amide bonds. The van der Waals surface area contributed by atoms with Crippen LogP contribution in [0.2, 0.25) is 0 Å². The number of benzene rings is 2. The summed E-state index contributed by atoms with van der Waals surface area (Å²) in [6.45, 7) is 1.57. The number of hydrogen-bond acceptors (Lipinski definition) is 3. The molecule has 2 aromatic carbocycles. The Morgan fingerprint density at radius 3 is 2.42 bits per heavy atom. The first kappa shape index (κ1) is 18.4. The molecular weight excluding hydrogens is 447 g/mol. The highest BCUT2D eigenvalue weighted by atomic mass is 79.9. The molecule has 0 spiro atoms. The number of nitrogens with one attached hydrogen (secondary N) is 2. The zero-order chi connectivity index (χ0) is 17.7. The minimum Gasteiger partial charge on any atom is -0.482 e. The lowest BCUT2D eigenvalue weighted by Crippen LogP contribution is -2.43. The fraction of sp³-hybridized carbons (Fsp3) is 0.125. The smallest absolute Gasteiger partial charge is 0.276 e. The summed E-state index contributed by atoms with van der Waals surface area (Å²) >= 11 is 6.72. The molecule has 0 atom stereocenters. The Kier molecular flexibility index (Phi) is 6.33. The van der Waals surface area contributed by atoms with Gasteiger partial charge in [0.05, 0.1) is 4.47 Å². The maximum absolute atomic E-state index is 12.8. The van der Waals surface area contributed by atoms with E-state index in [0.717, 1.165) is 22.2 Å². The van der Waals surface area contributed by atoms with Gasteiger partial charge in [-0.2, -0.15) is 0 Å². The van der Waals surface area contributed by atoms with Crippen LogP contribution in [0.15, 0.2) is 45.3 Å². The maximum atomic E-state index is 12.8. The fourth-order valence-corrected chi connectivity index (χ4v) is 3.40. The Hall–Kier alpha value is -1.93. The van der Waals surface area contributed by atoms with Crippen LogP contribution in [0.3, 0.4) is 0 Å². The fourth-order valence-electron chi connectivity index (χ4n) is 1.85.